The van der Waals surface area contributed by atoms with Gasteiger partial charge in [0.2, 0.25) is 0 Å². The Bertz CT molecular complexity index is 1650. The summed E-state index contributed by atoms with van der Waals surface area (Å²) < 4.78 is 21.8. The highest BCUT2D eigenvalue weighted by Gasteiger charge is 2.32. The van der Waals surface area contributed by atoms with Crippen LogP contribution in [-0.2, 0) is 6.54 Å². The molecule has 2 aromatic carbocycles. The van der Waals surface area contributed by atoms with Crippen LogP contribution in [0.5, 0.6) is 5.75 Å². The zero-order valence-electron chi connectivity index (χ0n) is 20.8. The minimum Gasteiger partial charge on any atom is -0.497 e. The molecule has 4 aromatic rings. The van der Waals surface area contributed by atoms with Crippen molar-refractivity contribution in [2.75, 3.05) is 7.11 Å². The van der Waals surface area contributed by atoms with Crippen LogP contribution in [0.4, 0.5) is 4.39 Å². The number of halogens is 2. The van der Waals surface area contributed by atoms with Gasteiger partial charge in [-0.1, -0.05) is 36.8 Å². The van der Waals surface area contributed by atoms with Crippen molar-refractivity contribution in [3.63, 3.8) is 0 Å². The number of methoxy groups -OCH3 is 1. The Kier molecular flexibility index (Phi) is 6.30. The first-order chi connectivity index (χ1) is 17.6. The Hall–Kier alpha value is -3.68. The number of nitrogens with zero attached hydrogens (tertiary/aromatic N) is 2. The summed E-state index contributed by atoms with van der Waals surface area (Å²) in [6.07, 6.45) is 4.49. The first-order valence-corrected chi connectivity index (χ1v) is 12.2. The zero-order valence-corrected chi connectivity index (χ0v) is 21.6. The van der Waals surface area contributed by atoms with Gasteiger partial charge in [0.25, 0.3) is 0 Å². The Balaban J connectivity index is 1.80. The number of carboxylic acid groups (broad SMARTS) is 1. The third kappa shape index (κ3) is 4.08. The number of allylic oxidation sites excluding steroid dienone is 2. The van der Waals surface area contributed by atoms with E-state index in [9.17, 15) is 15.0 Å². The van der Waals surface area contributed by atoms with Gasteiger partial charge >= 0.3 is 5.97 Å². The van der Waals surface area contributed by atoms with Gasteiger partial charge in [-0.25, -0.2) is 14.2 Å². The van der Waals surface area contributed by atoms with Gasteiger partial charge in [-0.05, 0) is 54.8 Å². The normalized spacial score (nSPS) is 17.4. The second-order valence-corrected chi connectivity index (χ2v) is 9.78. The van der Waals surface area contributed by atoms with E-state index < -0.39 is 17.9 Å². The van der Waals surface area contributed by atoms with Gasteiger partial charge < -0.3 is 19.5 Å². The highest BCUT2D eigenvalue weighted by atomic mass is 35.5. The van der Waals surface area contributed by atoms with Gasteiger partial charge in [0, 0.05) is 33.9 Å². The molecule has 1 aliphatic rings. The summed E-state index contributed by atoms with van der Waals surface area (Å²) in [5, 5.41) is 23.1. The molecule has 2 heterocycles. The van der Waals surface area contributed by atoms with Crippen molar-refractivity contribution in [1.82, 2.24) is 9.55 Å². The molecule has 37 heavy (non-hydrogen) atoms. The van der Waals surface area contributed by atoms with E-state index in [2.05, 4.69) is 4.98 Å². The number of rotatable bonds is 5. The van der Waals surface area contributed by atoms with Crippen LogP contribution in [0.1, 0.15) is 39.7 Å². The molecular weight excluding hydrogens is 495 g/mol. The molecule has 190 valence electrons. The number of aromatic carboxylic acids is 1. The third-order valence-corrected chi connectivity index (χ3v) is 7.57. The van der Waals surface area contributed by atoms with Gasteiger partial charge in [0.05, 0.1) is 30.8 Å². The number of fused-ring (bicyclic) bond motifs is 2. The number of hydrogen-bond donors (Lipinski definition) is 2. The highest BCUT2D eigenvalue weighted by Crippen LogP contribution is 2.40. The highest BCUT2D eigenvalue weighted by molar-refractivity contribution is 6.30. The largest absolute Gasteiger partial charge is 0.497 e. The van der Waals surface area contributed by atoms with Crippen molar-refractivity contribution >= 4 is 44.9 Å². The zero-order chi connectivity index (χ0) is 26.6. The summed E-state index contributed by atoms with van der Waals surface area (Å²) in [6.45, 7) is 5.34. The maximum absolute atomic E-state index is 15.0. The standard InChI is InChI=1S/C29H26ClFN2O4/c1-14-6-5-7-20(27(14)34)25-24-16(3)15(2)21(31)12-23(24)33(26(25)29(35)36)13-18-10-17-8-9-19(37-4)11-22(17)32-28(18)30/h5-12,14,27,34H,13H2,1-4H3,(H,35,36)/t14-,27?/m1/s1. The number of carbonyl (C=O) groups is 1. The molecule has 2 aromatic heterocycles. The number of pyridine rings is 1. The Morgan fingerprint density at radius 3 is 2.68 bits per heavy atom. The third-order valence-electron chi connectivity index (χ3n) is 7.24. The lowest BCUT2D eigenvalue weighted by atomic mass is 9.85. The molecular formula is C29H26ClFN2O4. The van der Waals surface area contributed by atoms with Gasteiger partial charge in [-0.15, -0.1) is 0 Å². The number of carboxylic acids is 1. The number of hydrogen-bond acceptors (Lipinski definition) is 4. The minimum absolute atomic E-state index is 0.0400. The van der Waals surface area contributed by atoms with Crippen LogP contribution in [0.25, 0.3) is 27.4 Å². The van der Waals surface area contributed by atoms with Crippen molar-refractivity contribution in [3.05, 3.63) is 87.5 Å². The average molecular weight is 521 g/mol. The average Bonchev–Trinajstić information content (AvgIpc) is 3.18. The molecule has 0 spiro atoms. The molecule has 5 rings (SSSR count). The lowest BCUT2D eigenvalue weighted by Gasteiger charge is -2.23. The monoisotopic (exact) mass is 520 g/mol. The number of aliphatic hydroxyl groups is 1. The van der Waals surface area contributed by atoms with Gasteiger partial charge in [-0.2, -0.15) is 0 Å². The number of benzene rings is 2. The van der Waals surface area contributed by atoms with E-state index in [1.165, 1.54) is 6.07 Å². The summed E-state index contributed by atoms with van der Waals surface area (Å²) in [5.41, 5.74) is 3.51. The molecule has 0 saturated carbocycles. The fourth-order valence-corrected chi connectivity index (χ4v) is 5.26. The molecule has 0 saturated heterocycles. The molecule has 8 heteroatoms. The van der Waals surface area contributed by atoms with Crippen molar-refractivity contribution < 1.29 is 24.1 Å². The van der Waals surface area contributed by atoms with E-state index in [0.29, 0.717) is 50.0 Å². The first kappa shape index (κ1) is 25.0. The van der Waals surface area contributed by atoms with Crippen LogP contribution >= 0.6 is 11.6 Å². The Morgan fingerprint density at radius 2 is 1.97 bits per heavy atom. The SMILES string of the molecule is COc1ccc2cc(Cn3c(C(=O)O)c(C4=CC=C[C@@H](C)C4O)c4c(C)c(C)c(F)cc43)c(Cl)nc2c1. The van der Waals surface area contributed by atoms with Crippen molar-refractivity contribution in [3.8, 4) is 5.75 Å². The van der Waals surface area contributed by atoms with Crippen LogP contribution in [0.3, 0.4) is 0 Å². The number of ether oxygens (including phenoxy) is 1. The van der Waals surface area contributed by atoms with Gasteiger partial charge in [0.1, 0.15) is 22.4 Å². The van der Waals surface area contributed by atoms with Crippen molar-refractivity contribution in [2.24, 2.45) is 5.92 Å². The molecule has 0 amide bonds. The predicted molar refractivity (Wildman–Crippen MR) is 143 cm³/mol. The second kappa shape index (κ2) is 9.32. The summed E-state index contributed by atoms with van der Waals surface area (Å²) >= 11 is 6.57. The van der Waals surface area contributed by atoms with E-state index in [4.69, 9.17) is 16.3 Å². The van der Waals surface area contributed by atoms with Gasteiger partial charge in [-0.3, -0.25) is 0 Å². The number of aromatic nitrogens is 2. The van der Waals surface area contributed by atoms with E-state index in [-0.39, 0.29) is 23.3 Å². The molecule has 1 aliphatic carbocycles. The maximum atomic E-state index is 15.0. The lowest BCUT2D eigenvalue weighted by molar-refractivity contribution is 0.0685. The molecule has 0 bridgehead atoms. The fourth-order valence-electron chi connectivity index (χ4n) is 5.06. The molecule has 0 fully saturated rings. The Labute approximate surface area is 218 Å². The first-order valence-electron chi connectivity index (χ1n) is 11.9. The molecule has 0 aliphatic heterocycles. The van der Waals surface area contributed by atoms with Crippen LogP contribution < -0.4 is 4.74 Å². The molecule has 2 N–H and O–H groups in total. The Morgan fingerprint density at radius 1 is 1.22 bits per heavy atom. The van der Waals surface area contributed by atoms with Gasteiger partial charge in [0.15, 0.2) is 0 Å². The van der Waals surface area contributed by atoms with Crippen LogP contribution in [0.15, 0.2) is 48.6 Å². The number of aliphatic hydroxyl groups excluding tert-OH is 1. The van der Waals surface area contributed by atoms with E-state index >= 15 is 4.39 Å². The van der Waals surface area contributed by atoms with Crippen LogP contribution in [-0.4, -0.2) is 38.9 Å². The van der Waals surface area contributed by atoms with E-state index in [1.807, 2.05) is 31.2 Å². The lowest BCUT2D eigenvalue weighted by Crippen LogP contribution is -2.21. The number of aryl methyl sites for hydroxylation is 1. The summed E-state index contributed by atoms with van der Waals surface area (Å²) in [5.74, 6) is -1.19. The molecule has 6 nitrogen and oxygen atoms in total. The summed E-state index contributed by atoms with van der Waals surface area (Å²) in [7, 11) is 1.57. The van der Waals surface area contributed by atoms with Crippen molar-refractivity contribution in [1.29, 1.82) is 0 Å². The topological polar surface area (TPSA) is 84.6 Å². The quantitative estimate of drug-likeness (QED) is 0.301. The van der Waals surface area contributed by atoms with Crippen LogP contribution in [0.2, 0.25) is 5.15 Å². The smallest absolute Gasteiger partial charge is 0.353 e. The summed E-state index contributed by atoms with van der Waals surface area (Å²) in [6, 6.07) is 8.63. The molecule has 1 unspecified atom stereocenters. The minimum atomic E-state index is -1.19. The van der Waals surface area contributed by atoms with E-state index in [0.717, 1.165) is 5.39 Å². The molecule has 0 radical (unpaired) electrons. The van der Waals surface area contributed by atoms with Crippen molar-refractivity contribution in [2.45, 2.75) is 33.4 Å². The fraction of sp³-hybridized carbons (Fsp3) is 0.241. The summed E-state index contributed by atoms with van der Waals surface area (Å²) in [4.78, 5) is 17.3. The maximum Gasteiger partial charge on any atom is 0.353 e. The second-order valence-electron chi connectivity index (χ2n) is 9.43. The predicted octanol–water partition coefficient (Wildman–Crippen LogP) is 6.30. The molecule has 2 atom stereocenters. The van der Waals surface area contributed by atoms with E-state index in [1.54, 1.807) is 43.7 Å². The van der Waals surface area contributed by atoms with Crippen LogP contribution in [0, 0.1) is 25.6 Å².